The van der Waals surface area contributed by atoms with Crippen LogP contribution < -0.4 is 16.2 Å². The number of nitrogens with two attached hydrogens (primary N) is 2. The van der Waals surface area contributed by atoms with E-state index in [-0.39, 0.29) is 38.5 Å². The van der Waals surface area contributed by atoms with Crippen LogP contribution in [0, 0.1) is 6.92 Å². The molecule has 9 nitrogen and oxygen atoms in total. The van der Waals surface area contributed by atoms with Crippen LogP contribution in [-0.2, 0) is 39.1 Å². The first-order valence-electron chi connectivity index (χ1n) is 11.4. The van der Waals surface area contributed by atoms with E-state index in [9.17, 15) is 4.79 Å². The van der Waals surface area contributed by atoms with Gasteiger partial charge in [-0.2, -0.15) is 17.0 Å². The molecule has 2 aromatic carbocycles. The zero-order valence-electron chi connectivity index (χ0n) is 21.7. The Labute approximate surface area is 258 Å². The number of fused-ring (bicyclic) bond motifs is 1. The summed E-state index contributed by atoms with van der Waals surface area (Å²) in [6.45, 7) is 3.87. The minimum Gasteiger partial charge on any atom is -0.808 e. The van der Waals surface area contributed by atoms with Crippen LogP contribution in [-0.4, -0.2) is 47.4 Å². The van der Waals surface area contributed by atoms with E-state index in [1.54, 1.807) is 5.51 Å². The number of hydrogen-bond donors (Lipinski definition) is 4. The SMILES string of the molecule is CNC.O=Cc1cncs1.[CH2-]CCCCc1ncc(-c2ccc3ccccc3c2)[nH]1.[N-]=C/C(N)=N/SN.[Y]. The molecule has 38 heavy (non-hydrogen) atoms. The molecule has 0 fully saturated rings. The van der Waals surface area contributed by atoms with E-state index >= 15 is 0 Å². The maximum Gasteiger partial charge on any atom is 0.161 e. The number of imidazole rings is 1. The van der Waals surface area contributed by atoms with Gasteiger partial charge in [0.25, 0.3) is 0 Å². The van der Waals surface area contributed by atoms with E-state index < -0.39 is 0 Å². The molecule has 0 amide bonds. The summed E-state index contributed by atoms with van der Waals surface area (Å²) in [4.78, 5) is 22.1. The average molecular weight is 628 g/mol. The van der Waals surface area contributed by atoms with Crippen LogP contribution in [0.5, 0.6) is 0 Å². The van der Waals surface area contributed by atoms with E-state index in [1.165, 1.54) is 33.9 Å². The number of H-pyrrole nitrogens is 1. The summed E-state index contributed by atoms with van der Waals surface area (Å²) in [6, 6.07) is 14.9. The topological polar surface area (TPSA) is 157 Å². The zero-order valence-corrected chi connectivity index (χ0v) is 26.2. The zero-order chi connectivity index (χ0) is 27.3. The molecule has 12 heteroatoms. The van der Waals surface area contributed by atoms with Crippen LogP contribution in [0.4, 0.5) is 0 Å². The number of nitrogens with zero attached hydrogens (tertiary/aromatic N) is 4. The average Bonchev–Trinajstić information content (AvgIpc) is 3.63. The first-order valence-corrected chi connectivity index (χ1v) is 13.2. The van der Waals surface area contributed by atoms with Gasteiger partial charge in [-0.15, -0.1) is 11.3 Å². The number of aryl methyl sites for hydroxylation is 1. The number of aromatic amines is 1. The van der Waals surface area contributed by atoms with Crippen LogP contribution in [0.25, 0.3) is 27.4 Å². The first kappa shape index (κ1) is 35.7. The summed E-state index contributed by atoms with van der Waals surface area (Å²) in [5, 5.41) is 18.1. The Balaban J connectivity index is 0.000000629. The van der Waals surface area contributed by atoms with Crippen molar-refractivity contribution in [3.63, 3.8) is 0 Å². The van der Waals surface area contributed by atoms with Crippen LogP contribution in [0.1, 0.15) is 34.8 Å². The summed E-state index contributed by atoms with van der Waals surface area (Å²) >= 11 is 2.05. The number of carbonyl (C=O) groups is 1. The van der Waals surface area contributed by atoms with Crippen LogP contribution in [0.2, 0.25) is 0 Å². The molecular formula is C26H34N8OS2Y-2. The third kappa shape index (κ3) is 14.6. The van der Waals surface area contributed by atoms with E-state index in [1.807, 2.05) is 20.3 Å². The van der Waals surface area contributed by atoms with Crippen molar-refractivity contribution >= 4 is 52.6 Å². The smallest absolute Gasteiger partial charge is 0.161 e. The van der Waals surface area contributed by atoms with Gasteiger partial charge in [-0.05, 0) is 37.4 Å². The van der Waals surface area contributed by atoms with Crippen molar-refractivity contribution in [1.82, 2.24) is 20.3 Å². The normalized spacial score (nSPS) is 9.95. The number of benzene rings is 2. The van der Waals surface area contributed by atoms with Crippen molar-refractivity contribution in [3.05, 3.63) is 83.4 Å². The molecule has 4 rings (SSSR count). The molecule has 0 unspecified atom stereocenters. The molecule has 2 heterocycles. The third-order valence-corrected chi connectivity index (χ3v) is 5.48. The summed E-state index contributed by atoms with van der Waals surface area (Å²) < 4.78 is 3.33. The molecule has 1 radical (unpaired) electrons. The standard InChI is InChI=1S/C18H19N2.C4H3NOS.C2H5N4S.C2H7N.Y/c1-2-3-4-9-18-19-13-17(20-18)16-11-10-14-7-5-6-8-15(14)12-16;6-2-4-1-5-3-7-4;3-1-2(4)6-7-5;1-3-2;/h5-8,10-13H,1-4,9H2,(H,19,20);1-3H;1H,5H2,(H2,4,6);3H,1-2H3;/q-1;;-1;;. The largest absolute Gasteiger partial charge is 0.808 e. The van der Waals surface area contributed by atoms with Crippen molar-refractivity contribution < 1.29 is 37.5 Å². The molecular weight excluding hydrogens is 593 g/mol. The van der Waals surface area contributed by atoms with Crippen molar-refractivity contribution in [2.45, 2.75) is 25.7 Å². The number of thiazole rings is 1. The summed E-state index contributed by atoms with van der Waals surface area (Å²) in [5.41, 5.74) is 8.85. The fourth-order valence-corrected chi connectivity index (χ4v) is 3.42. The van der Waals surface area contributed by atoms with Crippen molar-refractivity contribution in [1.29, 1.82) is 0 Å². The Kier molecular flexibility index (Phi) is 21.3. The summed E-state index contributed by atoms with van der Waals surface area (Å²) in [7, 11) is 3.75. The predicted molar refractivity (Wildman–Crippen MR) is 160 cm³/mol. The molecule has 0 atom stereocenters. The third-order valence-electron chi connectivity index (χ3n) is 4.46. The van der Waals surface area contributed by atoms with E-state index in [0.29, 0.717) is 23.2 Å². The van der Waals surface area contributed by atoms with Gasteiger partial charge in [0.05, 0.1) is 34.4 Å². The van der Waals surface area contributed by atoms with E-state index in [0.717, 1.165) is 43.5 Å². The Morgan fingerprint density at radius 3 is 2.45 bits per heavy atom. The number of rotatable bonds is 8. The van der Waals surface area contributed by atoms with Gasteiger partial charge in [-0.1, -0.05) is 42.8 Å². The maximum absolute atomic E-state index is 9.84. The van der Waals surface area contributed by atoms with Crippen molar-refractivity contribution in [2.75, 3.05) is 14.1 Å². The monoisotopic (exact) mass is 627 g/mol. The van der Waals surface area contributed by atoms with Gasteiger partial charge >= 0.3 is 0 Å². The molecule has 0 saturated carbocycles. The number of carbonyl (C=O) groups excluding carboxylic acids is 1. The molecule has 201 valence electrons. The minimum absolute atomic E-state index is 0. The minimum atomic E-state index is 0. The van der Waals surface area contributed by atoms with Crippen molar-refractivity contribution in [3.8, 4) is 11.3 Å². The predicted octanol–water partition coefficient (Wildman–Crippen LogP) is 5.07. The molecule has 4 aromatic rings. The first-order chi connectivity index (χ1) is 18.0. The molecule has 0 saturated heterocycles. The number of aldehydes is 1. The Morgan fingerprint density at radius 2 is 1.92 bits per heavy atom. The second-order valence-corrected chi connectivity index (χ2v) is 8.70. The summed E-state index contributed by atoms with van der Waals surface area (Å²) in [6.07, 6.45) is 9.25. The van der Waals surface area contributed by atoms with E-state index in [2.05, 4.69) is 74.1 Å². The van der Waals surface area contributed by atoms with Crippen LogP contribution >= 0.6 is 23.5 Å². The number of hydrogen-bond acceptors (Lipinski definition) is 8. The summed E-state index contributed by atoms with van der Waals surface area (Å²) in [5.74, 6) is 1.09. The van der Waals surface area contributed by atoms with Gasteiger partial charge in [0.1, 0.15) is 11.7 Å². The molecule has 0 aliphatic heterocycles. The molecule has 6 N–H and O–H groups in total. The molecule has 0 aliphatic carbocycles. The Bertz CT molecular complexity index is 1200. The van der Waals surface area contributed by atoms with Crippen molar-refractivity contribution in [2.24, 2.45) is 15.3 Å². The number of nitrogens with one attached hydrogen (secondary N) is 2. The molecule has 2 aromatic heterocycles. The maximum atomic E-state index is 9.84. The van der Waals surface area contributed by atoms with E-state index in [4.69, 9.17) is 16.3 Å². The molecule has 0 spiro atoms. The fourth-order valence-electron chi connectivity index (χ4n) is 2.83. The van der Waals surface area contributed by atoms with Gasteiger partial charge in [-0.3, -0.25) is 14.9 Å². The number of aromatic nitrogens is 3. The van der Waals surface area contributed by atoms with Gasteiger partial charge < -0.3 is 28.4 Å². The van der Waals surface area contributed by atoms with Gasteiger partial charge in [0, 0.05) is 50.9 Å². The van der Waals surface area contributed by atoms with Gasteiger partial charge in [-0.25, -0.2) is 4.98 Å². The Morgan fingerprint density at radius 1 is 1.21 bits per heavy atom. The molecule has 0 aliphatic rings. The second-order valence-electron chi connectivity index (χ2n) is 7.39. The Hall–Kier alpha value is -2.28. The fraction of sp³-hybridized carbons (Fsp3) is 0.231. The number of amidine groups is 1. The van der Waals surface area contributed by atoms with Gasteiger partial charge in [0.15, 0.2) is 6.29 Å². The second kappa shape index (κ2) is 22.7. The number of unbranched alkanes of at least 4 members (excludes halogenated alkanes) is 2. The molecule has 0 bridgehead atoms. The van der Waals surface area contributed by atoms with Crippen LogP contribution in [0.3, 0.4) is 0 Å². The van der Waals surface area contributed by atoms with Gasteiger partial charge in [0.2, 0.25) is 0 Å². The van der Waals surface area contributed by atoms with Crippen LogP contribution in [0.15, 0.2) is 64.8 Å². The quantitative estimate of drug-likeness (QED) is 0.0530.